The van der Waals surface area contributed by atoms with Crippen LogP contribution in [0.4, 0.5) is 0 Å². The molecule has 110 valence electrons. The fourth-order valence-corrected chi connectivity index (χ4v) is 3.35. The average molecular weight is 330 g/mol. The van der Waals surface area contributed by atoms with Crippen LogP contribution in [0.25, 0.3) is 0 Å². The Morgan fingerprint density at radius 2 is 2.00 bits per heavy atom. The van der Waals surface area contributed by atoms with Gasteiger partial charge in [-0.15, -0.1) is 0 Å². The van der Waals surface area contributed by atoms with Crippen LogP contribution in [0.15, 0.2) is 4.47 Å². The van der Waals surface area contributed by atoms with Crippen molar-refractivity contribution < 1.29 is 0 Å². The van der Waals surface area contributed by atoms with Crippen molar-refractivity contribution in [2.24, 2.45) is 18.9 Å². The molecular weight excluding hydrogens is 302 g/mol. The highest BCUT2D eigenvalue weighted by atomic mass is 79.9. The van der Waals surface area contributed by atoms with Gasteiger partial charge in [0, 0.05) is 7.05 Å². The summed E-state index contributed by atoms with van der Waals surface area (Å²) in [5.74, 6) is 1.41. The highest BCUT2D eigenvalue weighted by Crippen LogP contribution is 2.26. The highest BCUT2D eigenvalue weighted by molar-refractivity contribution is 9.10. The van der Waals surface area contributed by atoms with Crippen LogP contribution in [0.5, 0.6) is 0 Å². The maximum atomic E-state index is 4.59. The molecule has 0 aliphatic heterocycles. The molecule has 1 rings (SSSR count). The molecule has 4 heteroatoms. The smallest absolute Gasteiger partial charge is 0.0766 e. The highest BCUT2D eigenvalue weighted by Gasteiger charge is 2.18. The molecule has 0 spiro atoms. The number of aromatic nitrogens is 2. The van der Waals surface area contributed by atoms with Gasteiger partial charge in [-0.2, -0.15) is 5.10 Å². The summed E-state index contributed by atoms with van der Waals surface area (Å²) >= 11 is 3.72. The topological polar surface area (TPSA) is 29.9 Å². The zero-order valence-electron chi connectivity index (χ0n) is 13.0. The van der Waals surface area contributed by atoms with Gasteiger partial charge < -0.3 is 5.32 Å². The minimum absolute atomic E-state index is 0.677. The lowest BCUT2D eigenvalue weighted by Gasteiger charge is -2.19. The van der Waals surface area contributed by atoms with Crippen LogP contribution in [0, 0.1) is 11.8 Å². The molecule has 1 N–H and O–H groups in total. The minimum atomic E-state index is 0.677. The Balaban J connectivity index is 2.79. The fourth-order valence-electron chi connectivity index (χ4n) is 2.57. The van der Waals surface area contributed by atoms with E-state index in [-0.39, 0.29) is 0 Å². The molecule has 19 heavy (non-hydrogen) atoms. The van der Waals surface area contributed by atoms with Crippen LogP contribution < -0.4 is 5.32 Å². The summed E-state index contributed by atoms with van der Waals surface area (Å²) in [6.45, 7) is 11.1. The van der Waals surface area contributed by atoms with Crippen molar-refractivity contribution in [2.75, 3.05) is 13.1 Å². The molecule has 0 amide bonds. The molecule has 3 nitrogen and oxygen atoms in total. The quantitative estimate of drug-likeness (QED) is 0.790. The monoisotopic (exact) mass is 329 g/mol. The Bertz CT molecular complexity index is 385. The summed E-state index contributed by atoms with van der Waals surface area (Å²) in [6.07, 6.45) is 3.33. The molecule has 1 aromatic heterocycles. The standard InChI is InChI=1S/C15H28BrN3/c1-6-13-15(16)14(19(5)18-13)9-12(8-11(3)4)10-17-7-2/h11-12,17H,6-10H2,1-5H3. The van der Waals surface area contributed by atoms with E-state index in [4.69, 9.17) is 0 Å². The molecule has 1 unspecified atom stereocenters. The second-order valence-corrected chi connectivity index (χ2v) is 6.48. The van der Waals surface area contributed by atoms with Crippen molar-refractivity contribution in [3.05, 3.63) is 15.9 Å². The van der Waals surface area contributed by atoms with E-state index >= 15 is 0 Å². The van der Waals surface area contributed by atoms with Crippen LogP contribution >= 0.6 is 15.9 Å². The van der Waals surface area contributed by atoms with Gasteiger partial charge in [0.2, 0.25) is 0 Å². The summed E-state index contributed by atoms with van der Waals surface area (Å²) in [5, 5.41) is 8.08. The van der Waals surface area contributed by atoms with Gasteiger partial charge >= 0.3 is 0 Å². The minimum Gasteiger partial charge on any atom is -0.317 e. The van der Waals surface area contributed by atoms with E-state index < -0.39 is 0 Å². The van der Waals surface area contributed by atoms with Crippen LogP contribution in [0.3, 0.4) is 0 Å². The van der Waals surface area contributed by atoms with Gasteiger partial charge in [-0.25, -0.2) is 0 Å². The Kier molecular flexibility index (Phi) is 7.08. The van der Waals surface area contributed by atoms with Gasteiger partial charge in [0.05, 0.1) is 15.9 Å². The van der Waals surface area contributed by atoms with Gasteiger partial charge in [0.1, 0.15) is 0 Å². The van der Waals surface area contributed by atoms with E-state index in [9.17, 15) is 0 Å². The number of hydrogen-bond acceptors (Lipinski definition) is 2. The Hall–Kier alpha value is -0.350. The molecule has 1 atom stereocenters. The van der Waals surface area contributed by atoms with Crippen molar-refractivity contribution in [1.29, 1.82) is 0 Å². The summed E-state index contributed by atoms with van der Waals surface area (Å²) < 4.78 is 3.25. The lowest BCUT2D eigenvalue weighted by atomic mass is 9.92. The first-order chi connectivity index (χ1) is 8.99. The lowest BCUT2D eigenvalue weighted by molar-refractivity contribution is 0.381. The molecule has 0 radical (unpaired) electrons. The van der Waals surface area contributed by atoms with Crippen molar-refractivity contribution in [1.82, 2.24) is 15.1 Å². The maximum absolute atomic E-state index is 4.59. The third-order valence-corrected chi connectivity index (χ3v) is 4.39. The largest absolute Gasteiger partial charge is 0.317 e. The summed E-state index contributed by atoms with van der Waals surface area (Å²) in [7, 11) is 2.05. The molecule has 1 heterocycles. The van der Waals surface area contributed by atoms with Crippen LogP contribution in [0.1, 0.15) is 45.5 Å². The van der Waals surface area contributed by atoms with Crippen molar-refractivity contribution >= 4 is 15.9 Å². The third-order valence-electron chi connectivity index (χ3n) is 3.47. The van der Waals surface area contributed by atoms with E-state index in [0.717, 1.165) is 31.8 Å². The second-order valence-electron chi connectivity index (χ2n) is 5.69. The van der Waals surface area contributed by atoms with Gasteiger partial charge in [-0.1, -0.05) is 27.7 Å². The van der Waals surface area contributed by atoms with Gasteiger partial charge in [-0.05, 0) is 60.1 Å². The zero-order chi connectivity index (χ0) is 14.4. The number of rotatable bonds is 8. The molecule has 0 aliphatic rings. The van der Waals surface area contributed by atoms with Crippen LogP contribution in [-0.2, 0) is 19.9 Å². The van der Waals surface area contributed by atoms with E-state index in [1.807, 2.05) is 4.68 Å². The lowest BCUT2D eigenvalue weighted by Crippen LogP contribution is -2.26. The van der Waals surface area contributed by atoms with Gasteiger partial charge in [-0.3, -0.25) is 4.68 Å². The molecule has 0 saturated carbocycles. The summed E-state index contributed by atoms with van der Waals surface area (Å²) in [4.78, 5) is 0. The molecule has 0 saturated heterocycles. The molecular formula is C15H28BrN3. The van der Waals surface area contributed by atoms with Crippen LogP contribution in [0.2, 0.25) is 0 Å². The number of aryl methyl sites for hydroxylation is 2. The molecule has 0 bridgehead atoms. The van der Waals surface area contributed by atoms with E-state index in [1.165, 1.54) is 22.3 Å². The Morgan fingerprint density at radius 3 is 2.47 bits per heavy atom. The van der Waals surface area contributed by atoms with E-state index in [0.29, 0.717) is 5.92 Å². The van der Waals surface area contributed by atoms with E-state index in [2.05, 4.69) is 61.1 Å². The second kappa shape index (κ2) is 8.05. The Labute approximate surface area is 126 Å². The third kappa shape index (κ3) is 4.92. The number of nitrogens with one attached hydrogen (secondary N) is 1. The van der Waals surface area contributed by atoms with Crippen molar-refractivity contribution in [3.8, 4) is 0 Å². The Morgan fingerprint density at radius 1 is 1.32 bits per heavy atom. The fraction of sp³-hybridized carbons (Fsp3) is 0.800. The molecule has 1 aromatic rings. The first-order valence-electron chi connectivity index (χ1n) is 7.40. The van der Waals surface area contributed by atoms with Crippen molar-refractivity contribution in [3.63, 3.8) is 0 Å². The van der Waals surface area contributed by atoms with Crippen molar-refractivity contribution in [2.45, 2.75) is 47.0 Å². The number of hydrogen-bond donors (Lipinski definition) is 1. The summed E-state index contributed by atoms with van der Waals surface area (Å²) in [6, 6.07) is 0. The normalized spacial score (nSPS) is 13.2. The van der Waals surface area contributed by atoms with E-state index in [1.54, 1.807) is 0 Å². The van der Waals surface area contributed by atoms with Crippen LogP contribution in [-0.4, -0.2) is 22.9 Å². The zero-order valence-corrected chi connectivity index (χ0v) is 14.5. The average Bonchev–Trinajstić information content (AvgIpc) is 2.62. The predicted octanol–water partition coefficient (Wildman–Crippen LogP) is 3.56. The number of nitrogens with zero attached hydrogens (tertiary/aromatic N) is 2. The van der Waals surface area contributed by atoms with Gasteiger partial charge in [0.15, 0.2) is 0 Å². The molecule has 0 aliphatic carbocycles. The summed E-state index contributed by atoms with van der Waals surface area (Å²) in [5.41, 5.74) is 2.50. The SMILES string of the molecule is CCNCC(Cc1c(Br)c(CC)nn1C)CC(C)C. The maximum Gasteiger partial charge on any atom is 0.0766 e. The van der Waals surface area contributed by atoms with Gasteiger partial charge in [0.25, 0.3) is 0 Å². The number of halogens is 1. The molecule has 0 fully saturated rings. The predicted molar refractivity (Wildman–Crippen MR) is 85.5 cm³/mol. The first-order valence-corrected chi connectivity index (χ1v) is 8.19. The first kappa shape index (κ1) is 16.7. The molecule has 0 aromatic carbocycles.